The Labute approximate surface area is 143 Å². The van der Waals surface area contributed by atoms with E-state index in [1.165, 1.54) is 7.05 Å². The molecule has 8 nitrogen and oxygen atoms in total. The van der Waals surface area contributed by atoms with Crippen LogP contribution in [0.5, 0.6) is 0 Å². The van der Waals surface area contributed by atoms with E-state index >= 15 is 0 Å². The quantitative estimate of drug-likeness (QED) is 0.661. The van der Waals surface area contributed by atoms with Crippen molar-refractivity contribution in [2.75, 3.05) is 52.6 Å². The molecule has 1 spiro atoms. The number of nitrogens with zero attached hydrogens (tertiary/aromatic N) is 3. The molecule has 2 rings (SSSR count). The molecular weight excluding hydrogens is 334 g/mol. The molecule has 2 aliphatic heterocycles. The first-order chi connectivity index (χ1) is 11.2. The third-order valence-corrected chi connectivity index (χ3v) is 6.42. The van der Waals surface area contributed by atoms with Crippen molar-refractivity contribution >= 4 is 21.8 Å². The van der Waals surface area contributed by atoms with E-state index in [2.05, 4.69) is 0 Å². The first kappa shape index (κ1) is 19.1. The molecule has 2 amide bonds. The summed E-state index contributed by atoms with van der Waals surface area (Å²) in [5.74, 6) is -0.0826. The van der Waals surface area contributed by atoms with E-state index < -0.39 is 15.4 Å². The molecule has 0 aromatic heterocycles. The molecule has 0 saturated carbocycles. The highest BCUT2D eigenvalue weighted by Gasteiger charge is 2.49. The Balaban J connectivity index is 1.94. The van der Waals surface area contributed by atoms with E-state index in [0.29, 0.717) is 32.6 Å². The highest BCUT2D eigenvalue weighted by molar-refractivity contribution is 7.88. The van der Waals surface area contributed by atoms with Crippen molar-refractivity contribution in [2.45, 2.75) is 25.7 Å². The van der Waals surface area contributed by atoms with Gasteiger partial charge in [0, 0.05) is 46.2 Å². The lowest BCUT2D eigenvalue weighted by Gasteiger charge is -2.39. The second-order valence-corrected chi connectivity index (χ2v) is 8.89. The summed E-state index contributed by atoms with van der Waals surface area (Å²) in [6.07, 6.45) is 3.51. The number of β-amino-alcohol motifs (C(OH)–C–C–N with tert-alkyl or cyclic N) is 1. The van der Waals surface area contributed by atoms with Crippen LogP contribution >= 0.6 is 0 Å². The van der Waals surface area contributed by atoms with E-state index in [1.807, 2.05) is 0 Å². The van der Waals surface area contributed by atoms with Crippen LogP contribution in [0.3, 0.4) is 0 Å². The maximum Gasteiger partial charge on any atom is 0.230 e. The number of hydrogen-bond donors (Lipinski definition) is 1. The lowest BCUT2D eigenvalue weighted by atomic mass is 9.78. The molecule has 9 heteroatoms. The van der Waals surface area contributed by atoms with Gasteiger partial charge in [0.25, 0.3) is 0 Å². The van der Waals surface area contributed by atoms with Crippen molar-refractivity contribution in [3.8, 4) is 0 Å². The molecule has 2 heterocycles. The SMILES string of the molecule is CN(CCC(=O)N1CC[C@@]2(CCCN(CCO)C2=O)C1)S(C)(=O)=O. The van der Waals surface area contributed by atoms with Gasteiger partial charge in [-0.15, -0.1) is 0 Å². The van der Waals surface area contributed by atoms with Crippen LogP contribution in [0.25, 0.3) is 0 Å². The number of aliphatic hydroxyl groups excluding tert-OH is 1. The fourth-order valence-corrected chi connectivity index (χ4v) is 3.95. The van der Waals surface area contributed by atoms with Crippen LogP contribution in [0.15, 0.2) is 0 Å². The molecule has 0 aromatic carbocycles. The van der Waals surface area contributed by atoms with Crippen molar-refractivity contribution < 1.29 is 23.1 Å². The summed E-state index contributed by atoms with van der Waals surface area (Å²) in [7, 11) is -1.84. The molecule has 0 bridgehead atoms. The Bertz CT molecular complexity index is 592. The van der Waals surface area contributed by atoms with Crippen molar-refractivity contribution in [3.63, 3.8) is 0 Å². The number of sulfonamides is 1. The number of amides is 2. The molecule has 1 N–H and O–H groups in total. The Kier molecular flexibility index (Phi) is 5.87. The van der Waals surface area contributed by atoms with Gasteiger partial charge in [0.15, 0.2) is 0 Å². The van der Waals surface area contributed by atoms with Gasteiger partial charge in [-0.05, 0) is 19.3 Å². The van der Waals surface area contributed by atoms with Crippen LogP contribution in [0.2, 0.25) is 0 Å². The third kappa shape index (κ3) is 4.07. The van der Waals surface area contributed by atoms with Gasteiger partial charge in [-0.3, -0.25) is 9.59 Å². The minimum Gasteiger partial charge on any atom is -0.395 e. The Hall–Kier alpha value is -1.19. The fraction of sp³-hybridized carbons (Fsp3) is 0.867. The second kappa shape index (κ2) is 7.37. The maximum atomic E-state index is 12.7. The monoisotopic (exact) mass is 361 g/mol. The smallest absolute Gasteiger partial charge is 0.230 e. The average molecular weight is 361 g/mol. The minimum atomic E-state index is -3.29. The summed E-state index contributed by atoms with van der Waals surface area (Å²) in [6, 6.07) is 0. The molecule has 0 radical (unpaired) electrons. The van der Waals surface area contributed by atoms with E-state index in [0.717, 1.165) is 23.4 Å². The van der Waals surface area contributed by atoms with Gasteiger partial charge in [-0.2, -0.15) is 0 Å². The van der Waals surface area contributed by atoms with Crippen LogP contribution in [-0.2, 0) is 19.6 Å². The lowest BCUT2D eigenvalue weighted by molar-refractivity contribution is -0.146. The fourth-order valence-electron chi connectivity index (χ4n) is 3.53. The van der Waals surface area contributed by atoms with E-state index in [-0.39, 0.29) is 31.4 Å². The van der Waals surface area contributed by atoms with Gasteiger partial charge in [0.1, 0.15) is 0 Å². The maximum absolute atomic E-state index is 12.7. The van der Waals surface area contributed by atoms with E-state index in [4.69, 9.17) is 5.11 Å². The Morgan fingerprint density at radius 2 is 2.04 bits per heavy atom. The highest BCUT2D eigenvalue weighted by atomic mass is 32.2. The molecule has 2 fully saturated rings. The molecule has 0 aromatic rings. The number of aliphatic hydroxyl groups is 1. The van der Waals surface area contributed by atoms with Crippen molar-refractivity contribution in [2.24, 2.45) is 5.41 Å². The van der Waals surface area contributed by atoms with Crippen molar-refractivity contribution in [1.29, 1.82) is 0 Å². The number of hydrogen-bond acceptors (Lipinski definition) is 5. The summed E-state index contributed by atoms with van der Waals surface area (Å²) in [4.78, 5) is 28.4. The van der Waals surface area contributed by atoms with Crippen LogP contribution in [0.1, 0.15) is 25.7 Å². The second-order valence-electron chi connectivity index (χ2n) is 6.80. The van der Waals surface area contributed by atoms with Gasteiger partial charge in [-0.25, -0.2) is 12.7 Å². The summed E-state index contributed by atoms with van der Waals surface area (Å²) >= 11 is 0. The number of piperidine rings is 1. The summed E-state index contributed by atoms with van der Waals surface area (Å²) in [5.41, 5.74) is -0.522. The number of rotatable bonds is 6. The number of likely N-dealkylation sites (tertiary alicyclic amines) is 2. The zero-order valence-corrected chi connectivity index (χ0v) is 15.2. The van der Waals surface area contributed by atoms with E-state index in [9.17, 15) is 18.0 Å². The molecule has 24 heavy (non-hydrogen) atoms. The molecule has 2 aliphatic rings. The van der Waals surface area contributed by atoms with Crippen LogP contribution < -0.4 is 0 Å². The van der Waals surface area contributed by atoms with Crippen molar-refractivity contribution in [1.82, 2.24) is 14.1 Å². The zero-order valence-electron chi connectivity index (χ0n) is 14.4. The summed E-state index contributed by atoms with van der Waals surface area (Å²) < 4.78 is 23.9. The topological polar surface area (TPSA) is 98.2 Å². The van der Waals surface area contributed by atoms with Crippen LogP contribution in [-0.4, -0.2) is 92.1 Å². The number of carbonyl (C=O) groups is 2. The highest BCUT2D eigenvalue weighted by Crippen LogP contribution is 2.40. The predicted molar refractivity (Wildman–Crippen MR) is 88.6 cm³/mol. The predicted octanol–water partition coefficient (Wildman–Crippen LogP) is -0.899. The van der Waals surface area contributed by atoms with E-state index in [1.54, 1.807) is 9.80 Å². The molecular formula is C15H27N3O5S. The summed E-state index contributed by atoms with van der Waals surface area (Å²) in [5, 5.41) is 9.08. The van der Waals surface area contributed by atoms with Gasteiger partial charge >= 0.3 is 0 Å². The van der Waals surface area contributed by atoms with Gasteiger partial charge < -0.3 is 14.9 Å². The molecule has 138 valence electrons. The molecule has 0 aliphatic carbocycles. The lowest BCUT2D eigenvalue weighted by Crippen LogP contribution is -2.51. The van der Waals surface area contributed by atoms with Crippen LogP contribution in [0, 0.1) is 5.41 Å². The van der Waals surface area contributed by atoms with Gasteiger partial charge in [0.2, 0.25) is 21.8 Å². The number of carbonyl (C=O) groups excluding carboxylic acids is 2. The van der Waals surface area contributed by atoms with Gasteiger partial charge in [-0.1, -0.05) is 0 Å². The molecule has 0 unspecified atom stereocenters. The normalized spacial score (nSPS) is 25.1. The first-order valence-corrected chi connectivity index (χ1v) is 10.1. The minimum absolute atomic E-state index is 0.0337. The Morgan fingerprint density at radius 3 is 2.67 bits per heavy atom. The third-order valence-electron chi connectivity index (χ3n) is 5.11. The average Bonchev–Trinajstić information content (AvgIpc) is 2.94. The zero-order chi connectivity index (χ0) is 18.0. The van der Waals surface area contributed by atoms with Gasteiger partial charge in [0.05, 0.1) is 18.3 Å². The summed E-state index contributed by atoms with van der Waals surface area (Å²) in [6.45, 7) is 2.02. The molecule has 1 atom stereocenters. The van der Waals surface area contributed by atoms with Crippen LogP contribution in [0.4, 0.5) is 0 Å². The Morgan fingerprint density at radius 1 is 1.33 bits per heavy atom. The molecule has 2 saturated heterocycles. The van der Waals surface area contributed by atoms with Crippen molar-refractivity contribution in [3.05, 3.63) is 0 Å². The largest absolute Gasteiger partial charge is 0.395 e. The first-order valence-electron chi connectivity index (χ1n) is 8.29. The standard InChI is InChI=1S/C15H27N3O5S/c1-16(24(2,22)23)8-4-13(20)18-9-6-15(12-18)5-3-7-17(10-11-19)14(15)21/h19H,3-12H2,1-2H3/t15-/m0/s1.